The Labute approximate surface area is 268 Å². The summed E-state index contributed by atoms with van der Waals surface area (Å²) in [6.07, 6.45) is -0.648. The van der Waals surface area contributed by atoms with Crippen LogP contribution in [0.25, 0.3) is 0 Å². The first-order valence-corrected chi connectivity index (χ1v) is 16.2. The first-order valence-electron chi connectivity index (χ1n) is 14.8. The number of methoxy groups -OCH3 is 1. The summed E-state index contributed by atoms with van der Waals surface area (Å²) in [4.78, 5) is 29.8. The number of aliphatic hydroxyl groups excluding tert-OH is 1. The number of aliphatic hydroxyl groups is 1. The molecule has 3 amide bonds. The van der Waals surface area contributed by atoms with Gasteiger partial charge in [0.25, 0.3) is 10.0 Å². The van der Waals surface area contributed by atoms with Gasteiger partial charge in [0.15, 0.2) is 11.5 Å². The van der Waals surface area contributed by atoms with Crippen LogP contribution in [0.2, 0.25) is 0 Å². The number of hydrogen-bond donors (Lipinski definition) is 3. The van der Waals surface area contributed by atoms with Crippen molar-refractivity contribution in [3.05, 3.63) is 66.2 Å². The van der Waals surface area contributed by atoms with Crippen LogP contribution >= 0.6 is 0 Å². The molecule has 0 radical (unpaired) electrons. The zero-order valence-electron chi connectivity index (χ0n) is 26.1. The van der Waals surface area contributed by atoms with Gasteiger partial charge in [0.1, 0.15) is 17.6 Å². The van der Waals surface area contributed by atoms with Crippen LogP contribution in [-0.2, 0) is 21.2 Å². The van der Waals surface area contributed by atoms with E-state index in [1.807, 2.05) is 6.92 Å². The summed E-state index contributed by atoms with van der Waals surface area (Å²) in [6.45, 7) is 3.99. The quantitative estimate of drug-likeness (QED) is 0.314. The molecule has 0 fully saturated rings. The molecule has 46 heavy (non-hydrogen) atoms. The van der Waals surface area contributed by atoms with Gasteiger partial charge in [-0.05, 0) is 61.5 Å². The van der Waals surface area contributed by atoms with Crippen LogP contribution in [0.1, 0.15) is 19.4 Å². The highest BCUT2D eigenvalue weighted by Crippen LogP contribution is 2.34. The molecular weight excluding hydrogens is 616 g/mol. The second-order valence-corrected chi connectivity index (χ2v) is 13.1. The molecule has 0 saturated heterocycles. The molecule has 0 bridgehead atoms. The lowest BCUT2D eigenvalue weighted by atomic mass is 10.0. The average Bonchev–Trinajstić information content (AvgIpc) is 3.52. The Morgan fingerprint density at radius 1 is 1.07 bits per heavy atom. The summed E-state index contributed by atoms with van der Waals surface area (Å²) >= 11 is 0. The highest BCUT2D eigenvalue weighted by molar-refractivity contribution is 7.92. The third-order valence-electron chi connectivity index (χ3n) is 7.96. The number of hydrogen-bond acceptors (Lipinski definition) is 9. The smallest absolute Gasteiger partial charge is 0.321 e. The number of anilines is 2. The third kappa shape index (κ3) is 7.40. The van der Waals surface area contributed by atoms with Crippen molar-refractivity contribution in [1.82, 2.24) is 9.80 Å². The lowest BCUT2D eigenvalue weighted by molar-refractivity contribution is -0.134. The van der Waals surface area contributed by atoms with E-state index in [1.165, 1.54) is 24.1 Å². The maximum Gasteiger partial charge on any atom is 0.321 e. The van der Waals surface area contributed by atoms with Crippen molar-refractivity contribution in [2.75, 3.05) is 50.7 Å². The topological polar surface area (TPSA) is 156 Å². The minimum Gasteiger partial charge on any atom is -0.497 e. The summed E-state index contributed by atoms with van der Waals surface area (Å²) in [5, 5.41) is 12.8. The van der Waals surface area contributed by atoms with Gasteiger partial charge in [-0.3, -0.25) is 9.52 Å². The van der Waals surface area contributed by atoms with Crippen molar-refractivity contribution in [3.8, 4) is 23.0 Å². The number of benzene rings is 3. The SMILES string of the molecule is COc1ccc(S(=O)(=O)Nc2ccc3c(c2)CC(=O)N([C@@H](C)CO)C[C@H](C)[C@H](CN(C)C(=O)Nc2ccc4c(c2)OCO4)O3)cc1. The van der Waals surface area contributed by atoms with Crippen LogP contribution in [0.5, 0.6) is 23.0 Å². The van der Waals surface area contributed by atoms with Gasteiger partial charge in [-0.2, -0.15) is 0 Å². The molecule has 0 aromatic heterocycles. The average molecular weight is 655 g/mol. The number of fused-ring (bicyclic) bond motifs is 2. The fourth-order valence-electron chi connectivity index (χ4n) is 5.23. The van der Waals surface area contributed by atoms with Crippen molar-refractivity contribution in [1.29, 1.82) is 0 Å². The molecule has 0 aliphatic carbocycles. The molecule has 14 heteroatoms. The number of carbonyl (C=O) groups excluding carboxylic acids is 2. The Morgan fingerprint density at radius 3 is 2.48 bits per heavy atom. The minimum absolute atomic E-state index is 0.0445. The standard InChI is InChI=1S/C32H38N4O9S/c1-20-16-36(21(2)18-37)31(38)14-22-13-24(34-46(40,41)26-9-7-25(42-4)8-10-26)6-11-27(22)45-30(20)17-35(3)32(39)33-23-5-12-28-29(15-23)44-19-43-28/h5-13,15,20-21,30,34,37H,14,16-19H2,1-4H3,(H,33,39)/t20-,21-,30-/m0/s1. The number of nitrogens with zero attached hydrogens (tertiary/aromatic N) is 2. The van der Waals surface area contributed by atoms with E-state index in [1.54, 1.807) is 67.4 Å². The Balaban J connectivity index is 1.38. The number of amides is 3. The van der Waals surface area contributed by atoms with E-state index in [9.17, 15) is 23.1 Å². The highest BCUT2D eigenvalue weighted by atomic mass is 32.2. The van der Waals surface area contributed by atoms with Crippen molar-refractivity contribution in [2.24, 2.45) is 5.92 Å². The molecule has 3 aromatic rings. The Morgan fingerprint density at radius 2 is 1.76 bits per heavy atom. The Hall–Kier alpha value is -4.69. The molecule has 246 valence electrons. The molecule has 3 atom stereocenters. The maximum atomic E-state index is 13.5. The van der Waals surface area contributed by atoms with Gasteiger partial charge in [0, 0.05) is 42.5 Å². The van der Waals surface area contributed by atoms with E-state index < -0.39 is 22.2 Å². The van der Waals surface area contributed by atoms with Crippen molar-refractivity contribution in [2.45, 2.75) is 37.3 Å². The predicted molar refractivity (Wildman–Crippen MR) is 170 cm³/mol. The number of carbonyl (C=O) groups is 2. The summed E-state index contributed by atoms with van der Waals surface area (Å²) < 4.78 is 51.1. The lowest BCUT2D eigenvalue weighted by Crippen LogP contribution is -2.48. The third-order valence-corrected chi connectivity index (χ3v) is 9.36. The van der Waals surface area contributed by atoms with Gasteiger partial charge in [0.05, 0.1) is 37.6 Å². The zero-order valence-corrected chi connectivity index (χ0v) is 26.9. The molecule has 2 aliphatic heterocycles. The van der Waals surface area contributed by atoms with Crippen LogP contribution in [0.15, 0.2) is 65.6 Å². The highest BCUT2D eigenvalue weighted by Gasteiger charge is 2.32. The van der Waals surface area contributed by atoms with E-state index in [2.05, 4.69) is 10.0 Å². The predicted octanol–water partition coefficient (Wildman–Crippen LogP) is 3.54. The summed E-state index contributed by atoms with van der Waals surface area (Å²) in [7, 11) is -0.811. The molecule has 13 nitrogen and oxygen atoms in total. The van der Waals surface area contributed by atoms with Crippen LogP contribution < -0.4 is 29.0 Å². The number of urea groups is 1. The fourth-order valence-corrected chi connectivity index (χ4v) is 6.28. The molecule has 5 rings (SSSR count). The van der Waals surface area contributed by atoms with E-state index in [0.29, 0.717) is 34.2 Å². The van der Waals surface area contributed by atoms with Gasteiger partial charge in [-0.25, -0.2) is 13.2 Å². The normalized spacial score (nSPS) is 18.3. The molecule has 2 heterocycles. The first kappa shape index (κ1) is 32.7. The van der Waals surface area contributed by atoms with Gasteiger partial charge in [-0.15, -0.1) is 0 Å². The van der Waals surface area contributed by atoms with Crippen LogP contribution in [0, 0.1) is 5.92 Å². The number of ether oxygens (including phenoxy) is 4. The molecule has 0 unspecified atom stereocenters. The maximum absolute atomic E-state index is 13.5. The second-order valence-electron chi connectivity index (χ2n) is 11.4. The van der Waals surface area contributed by atoms with Crippen LogP contribution in [-0.4, -0.2) is 88.1 Å². The van der Waals surface area contributed by atoms with E-state index in [-0.39, 0.29) is 61.3 Å². The van der Waals surface area contributed by atoms with Crippen molar-refractivity contribution < 1.29 is 42.1 Å². The molecule has 0 saturated carbocycles. The monoisotopic (exact) mass is 654 g/mol. The molecular formula is C32H38N4O9S. The van der Waals surface area contributed by atoms with Crippen LogP contribution in [0.3, 0.4) is 0 Å². The largest absolute Gasteiger partial charge is 0.497 e. The second kappa shape index (κ2) is 13.7. The van der Waals surface area contributed by atoms with Gasteiger partial charge in [-0.1, -0.05) is 6.92 Å². The summed E-state index contributed by atoms with van der Waals surface area (Å²) in [5.41, 5.74) is 1.24. The molecule has 3 aromatic carbocycles. The zero-order chi connectivity index (χ0) is 33.0. The van der Waals surface area contributed by atoms with Crippen molar-refractivity contribution in [3.63, 3.8) is 0 Å². The summed E-state index contributed by atoms with van der Waals surface area (Å²) in [6, 6.07) is 15.0. The number of nitrogens with one attached hydrogen (secondary N) is 2. The number of likely N-dealkylation sites (N-methyl/N-ethyl adjacent to an activating group) is 1. The van der Waals surface area contributed by atoms with E-state index in [4.69, 9.17) is 18.9 Å². The molecule has 3 N–H and O–H groups in total. The molecule has 2 aliphatic rings. The van der Waals surface area contributed by atoms with Gasteiger partial charge < -0.3 is 39.2 Å². The number of rotatable bonds is 9. The van der Waals surface area contributed by atoms with Gasteiger partial charge >= 0.3 is 6.03 Å². The Bertz CT molecular complexity index is 1680. The van der Waals surface area contributed by atoms with Gasteiger partial charge in [0.2, 0.25) is 12.7 Å². The summed E-state index contributed by atoms with van der Waals surface area (Å²) in [5.74, 6) is 1.55. The lowest BCUT2D eigenvalue weighted by Gasteiger charge is -2.34. The minimum atomic E-state index is -3.95. The number of sulfonamides is 1. The first-order chi connectivity index (χ1) is 22.0. The Kier molecular flexibility index (Phi) is 9.77. The van der Waals surface area contributed by atoms with Crippen molar-refractivity contribution >= 4 is 33.3 Å². The fraction of sp³-hybridized carbons (Fsp3) is 0.375. The van der Waals surface area contributed by atoms with E-state index in [0.717, 1.165) is 0 Å². The molecule has 0 spiro atoms. The van der Waals surface area contributed by atoms with Crippen LogP contribution in [0.4, 0.5) is 16.2 Å². The van der Waals surface area contributed by atoms with E-state index >= 15 is 0 Å².